The number of aromatic amines is 1. The average Bonchev–Trinajstić information content (AvgIpc) is 3.50. The highest BCUT2D eigenvalue weighted by Gasteiger charge is 2.26. The van der Waals surface area contributed by atoms with E-state index in [0.29, 0.717) is 11.4 Å². The Morgan fingerprint density at radius 3 is 2.26 bits per heavy atom. The van der Waals surface area contributed by atoms with Crippen molar-refractivity contribution in [1.29, 1.82) is 0 Å². The van der Waals surface area contributed by atoms with Crippen molar-refractivity contribution in [2.24, 2.45) is 7.05 Å². The zero-order chi connectivity index (χ0) is 24.1. The fourth-order valence-electron chi connectivity index (χ4n) is 3.97. The van der Waals surface area contributed by atoms with Gasteiger partial charge in [-0.3, -0.25) is 14.7 Å². The zero-order valence-corrected chi connectivity index (χ0v) is 19.6. The minimum atomic E-state index is -0.433. The van der Waals surface area contributed by atoms with Crippen LogP contribution in [0.15, 0.2) is 79.0 Å². The lowest BCUT2D eigenvalue weighted by Crippen LogP contribution is -2.45. The number of hydrogen-bond acceptors (Lipinski definition) is 3. The molecule has 2 unspecified atom stereocenters. The highest BCUT2D eigenvalue weighted by Crippen LogP contribution is 2.23. The van der Waals surface area contributed by atoms with Crippen LogP contribution in [0.3, 0.4) is 0 Å². The number of nitrogens with one attached hydrogen (secondary N) is 3. The summed E-state index contributed by atoms with van der Waals surface area (Å²) in [6.07, 6.45) is 2.70. The summed E-state index contributed by atoms with van der Waals surface area (Å²) < 4.78 is 1.82. The first-order valence-corrected chi connectivity index (χ1v) is 11.4. The van der Waals surface area contributed by atoms with Crippen LogP contribution in [0.25, 0.3) is 11.1 Å². The molecule has 0 saturated heterocycles. The van der Waals surface area contributed by atoms with E-state index in [9.17, 15) is 9.59 Å². The van der Waals surface area contributed by atoms with Crippen molar-refractivity contribution in [1.82, 2.24) is 25.4 Å². The van der Waals surface area contributed by atoms with Gasteiger partial charge in [0.2, 0.25) is 0 Å². The Labute approximate surface area is 199 Å². The summed E-state index contributed by atoms with van der Waals surface area (Å²) in [6.45, 7) is 3.87. The molecule has 0 spiro atoms. The lowest BCUT2D eigenvalue weighted by atomic mass is 10.00. The largest absolute Gasteiger partial charge is 0.346 e. The van der Waals surface area contributed by atoms with E-state index >= 15 is 0 Å². The molecule has 174 valence electrons. The van der Waals surface area contributed by atoms with Gasteiger partial charge < -0.3 is 15.2 Å². The summed E-state index contributed by atoms with van der Waals surface area (Å²) in [5.41, 5.74) is 4.68. The monoisotopic (exact) mass is 455 g/mol. The first-order chi connectivity index (χ1) is 16.5. The number of H-pyrrole nitrogens is 1. The third kappa shape index (κ3) is 5.09. The molecule has 0 radical (unpaired) electrons. The number of carbonyl (C=O) groups is 2. The van der Waals surface area contributed by atoms with Gasteiger partial charge in [0.25, 0.3) is 11.8 Å². The predicted molar refractivity (Wildman–Crippen MR) is 132 cm³/mol. The first kappa shape index (κ1) is 23.0. The van der Waals surface area contributed by atoms with Crippen LogP contribution in [0.4, 0.5) is 0 Å². The topological polar surface area (TPSA) is 91.8 Å². The van der Waals surface area contributed by atoms with Gasteiger partial charge in [-0.05, 0) is 36.6 Å². The van der Waals surface area contributed by atoms with Gasteiger partial charge in [0.15, 0.2) is 0 Å². The second kappa shape index (κ2) is 10.2. The van der Waals surface area contributed by atoms with Gasteiger partial charge in [-0.25, -0.2) is 0 Å². The molecule has 2 heterocycles. The molecular formula is C27H29N5O2. The molecule has 4 rings (SSSR count). The third-order valence-electron chi connectivity index (χ3n) is 5.89. The average molecular weight is 456 g/mol. The number of hydrogen-bond donors (Lipinski definition) is 3. The number of amides is 2. The molecule has 7 nitrogen and oxygen atoms in total. The van der Waals surface area contributed by atoms with E-state index in [1.807, 2.05) is 98.4 Å². The van der Waals surface area contributed by atoms with Gasteiger partial charge in [-0.15, -0.1) is 0 Å². The Balaban J connectivity index is 1.55. The molecule has 0 saturated carbocycles. The Kier molecular flexibility index (Phi) is 6.92. The second-order valence-corrected chi connectivity index (χ2v) is 8.35. The molecule has 0 aliphatic carbocycles. The quantitative estimate of drug-likeness (QED) is 0.371. The smallest absolute Gasteiger partial charge is 0.272 e. The fraction of sp³-hybridized carbons (Fsp3) is 0.222. The molecular weight excluding hydrogens is 426 g/mol. The van der Waals surface area contributed by atoms with Crippen LogP contribution in [-0.2, 0) is 13.5 Å². The lowest BCUT2D eigenvalue weighted by molar-refractivity contribution is 0.0880. The van der Waals surface area contributed by atoms with Crippen LogP contribution in [0.5, 0.6) is 0 Å². The molecule has 0 aliphatic heterocycles. The molecule has 2 aromatic carbocycles. The summed E-state index contributed by atoms with van der Waals surface area (Å²) in [7, 11) is 1.85. The van der Waals surface area contributed by atoms with Crippen LogP contribution in [-0.4, -0.2) is 32.6 Å². The molecule has 2 aromatic heterocycles. The van der Waals surface area contributed by atoms with E-state index in [1.165, 1.54) is 0 Å². The number of nitrogens with zero attached hydrogens (tertiary/aromatic N) is 2. The number of aromatic nitrogens is 3. The molecule has 0 aliphatic rings. The molecule has 0 bridgehead atoms. The molecule has 7 heteroatoms. The molecule has 2 amide bonds. The summed E-state index contributed by atoms with van der Waals surface area (Å²) >= 11 is 0. The predicted octanol–water partition coefficient (Wildman–Crippen LogP) is 4.27. The number of aryl methyl sites for hydroxylation is 2. The zero-order valence-electron chi connectivity index (χ0n) is 19.6. The standard InChI is InChI=1S/C27H29N5O2/c1-4-22-16-23(31-30-22)26(33)28-18(2)25(20-13-9-6-10-14-20)29-27(34)24-15-21(17-32(24)3)19-11-7-5-8-12-19/h5-18,25H,4H2,1-3H3,(H,28,33)(H,29,34)(H,30,31). The maximum Gasteiger partial charge on any atom is 0.272 e. The highest BCUT2D eigenvalue weighted by atomic mass is 16.2. The van der Waals surface area contributed by atoms with E-state index in [0.717, 1.165) is 28.8 Å². The molecule has 2 atom stereocenters. The third-order valence-corrected chi connectivity index (χ3v) is 5.89. The van der Waals surface area contributed by atoms with E-state index in [-0.39, 0.29) is 17.9 Å². The Morgan fingerprint density at radius 1 is 0.941 bits per heavy atom. The minimum Gasteiger partial charge on any atom is -0.346 e. The second-order valence-electron chi connectivity index (χ2n) is 8.35. The van der Waals surface area contributed by atoms with Gasteiger partial charge >= 0.3 is 0 Å². The Hall–Kier alpha value is -4.13. The molecule has 4 aromatic rings. The van der Waals surface area contributed by atoms with Gasteiger partial charge in [0.1, 0.15) is 11.4 Å². The van der Waals surface area contributed by atoms with Gasteiger partial charge in [0, 0.05) is 24.5 Å². The van der Waals surface area contributed by atoms with Crippen LogP contribution in [0.2, 0.25) is 0 Å². The number of benzene rings is 2. The minimum absolute atomic E-state index is 0.215. The van der Waals surface area contributed by atoms with Crippen LogP contribution >= 0.6 is 0 Å². The van der Waals surface area contributed by atoms with Crippen molar-refractivity contribution in [2.75, 3.05) is 0 Å². The summed E-state index contributed by atoms with van der Waals surface area (Å²) in [5.74, 6) is -0.503. The van der Waals surface area contributed by atoms with Crippen molar-refractivity contribution >= 4 is 11.8 Å². The van der Waals surface area contributed by atoms with Crippen LogP contribution in [0, 0.1) is 0 Å². The maximum atomic E-state index is 13.3. The van der Waals surface area contributed by atoms with Crippen molar-refractivity contribution in [3.63, 3.8) is 0 Å². The summed E-state index contributed by atoms with van der Waals surface area (Å²) in [4.78, 5) is 26.1. The molecule has 34 heavy (non-hydrogen) atoms. The van der Waals surface area contributed by atoms with Gasteiger partial charge in [-0.1, -0.05) is 67.6 Å². The normalized spacial score (nSPS) is 12.7. The van der Waals surface area contributed by atoms with Gasteiger partial charge in [0.05, 0.1) is 12.1 Å². The lowest BCUT2D eigenvalue weighted by Gasteiger charge is -2.26. The Bertz CT molecular complexity index is 1260. The first-order valence-electron chi connectivity index (χ1n) is 11.4. The Morgan fingerprint density at radius 2 is 1.62 bits per heavy atom. The van der Waals surface area contributed by atoms with Crippen molar-refractivity contribution in [3.05, 3.63) is 102 Å². The number of rotatable bonds is 8. The maximum absolute atomic E-state index is 13.3. The van der Waals surface area contributed by atoms with E-state index in [1.54, 1.807) is 6.07 Å². The van der Waals surface area contributed by atoms with Crippen molar-refractivity contribution < 1.29 is 9.59 Å². The van der Waals surface area contributed by atoms with Gasteiger partial charge in [-0.2, -0.15) is 5.10 Å². The summed E-state index contributed by atoms with van der Waals surface area (Å²) in [5, 5.41) is 13.1. The van der Waals surface area contributed by atoms with E-state index in [4.69, 9.17) is 0 Å². The van der Waals surface area contributed by atoms with Crippen LogP contribution < -0.4 is 10.6 Å². The van der Waals surface area contributed by atoms with E-state index in [2.05, 4.69) is 20.8 Å². The SMILES string of the molecule is CCc1cc(C(=O)NC(C)C(NC(=O)c2cc(-c3ccccc3)cn2C)c2ccccc2)n[nH]1. The fourth-order valence-corrected chi connectivity index (χ4v) is 3.97. The molecule has 3 N–H and O–H groups in total. The highest BCUT2D eigenvalue weighted by molar-refractivity contribution is 5.95. The van der Waals surface area contributed by atoms with Crippen molar-refractivity contribution in [2.45, 2.75) is 32.4 Å². The van der Waals surface area contributed by atoms with Crippen LogP contribution in [0.1, 0.15) is 52.1 Å². The number of carbonyl (C=O) groups excluding carboxylic acids is 2. The van der Waals surface area contributed by atoms with E-state index < -0.39 is 6.04 Å². The molecule has 0 fully saturated rings. The summed E-state index contributed by atoms with van der Waals surface area (Å²) in [6, 6.07) is 22.4. The van der Waals surface area contributed by atoms with Crippen molar-refractivity contribution in [3.8, 4) is 11.1 Å².